The van der Waals surface area contributed by atoms with Crippen LogP contribution in [-0.4, -0.2) is 67.3 Å². The molecular weight excluding hydrogens is 438 g/mol. The maximum Gasteiger partial charge on any atom is 0.242 e. The van der Waals surface area contributed by atoms with Crippen LogP contribution in [0.25, 0.3) is 11.0 Å². The molecule has 9 heteroatoms. The van der Waals surface area contributed by atoms with E-state index >= 15 is 0 Å². The van der Waals surface area contributed by atoms with Crippen LogP contribution in [0.2, 0.25) is 0 Å². The normalized spacial score (nSPS) is 12.1. The highest BCUT2D eigenvalue weighted by Crippen LogP contribution is 2.22. The fourth-order valence-corrected chi connectivity index (χ4v) is 4.67. The van der Waals surface area contributed by atoms with Crippen molar-refractivity contribution in [2.24, 2.45) is 0 Å². The van der Waals surface area contributed by atoms with Crippen molar-refractivity contribution in [1.29, 1.82) is 0 Å². The zero-order valence-electron chi connectivity index (χ0n) is 19.8. The number of hydrogen-bond acceptors (Lipinski definition) is 5. The van der Waals surface area contributed by atoms with Crippen molar-refractivity contribution in [1.82, 2.24) is 24.1 Å². The predicted octanol–water partition coefficient (Wildman–Crippen LogP) is 2.49. The van der Waals surface area contributed by atoms with E-state index in [0.717, 1.165) is 24.4 Å². The minimum atomic E-state index is -3.53. The molecule has 1 amide bonds. The summed E-state index contributed by atoms with van der Waals surface area (Å²) in [7, 11) is 1.52. The third-order valence-corrected chi connectivity index (χ3v) is 7.39. The summed E-state index contributed by atoms with van der Waals surface area (Å²) in [5.41, 5.74) is 2.73. The number of nitrogens with zero attached hydrogens (tertiary/aromatic N) is 4. The van der Waals surface area contributed by atoms with Gasteiger partial charge in [-0.2, -0.15) is 0 Å². The molecule has 1 heterocycles. The van der Waals surface area contributed by atoms with Crippen molar-refractivity contribution in [3.63, 3.8) is 0 Å². The van der Waals surface area contributed by atoms with Gasteiger partial charge in [0.15, 0.2) is 0 Å². The second kappa shape index (κ2) is 10.9. The highest BCUT2D eigenvalue weighted by Gasteiger charge is 2.19. The molecule has 0 unspecified atom stereocenters. The molecule has 0 saturated heterocycles. The van der Waals surface area contributed by atoms with Gasteiger partial charge >= 0.3 is 0 Å². The summed E-state index contributed by atoms with van der Waals surface area (Å²) in [6, 6.07) is 15.2. The van der Waals surface area contributed by atoms with Gasteiger partial charge in [-0.3, -0.25) is 4.79 Å². The Bertz CT molecular complexity index is 1190. The molecule has 0 aliphatic rings. The Morgan fingerprint density at radius 1 is 1.09 bits per heavy atom. The van der Waals surface area contributed by atoms with Crippen molar-refractivity contribution in [3.8, 4) is 0 Å². The van der Waals surface area contributed by atoms with E-state index in [4.69, 9.17) is 0 Å². The van der Waals surface area contributed by atoms with E-state index in [-0.39, 0.29) is 10.8 Å². The minimum Gasteiger partial charge on any atom is -0.355 e. The topological polar surface area (TPSA) is 87.5 Å². The van der Waals surface area contributed by atoms with E-state index in [1.807, 2.05) is 36.7 Å². The van der Waals surface area contributed by atoms with Gasteiger partial charge in [0.05, 0.1) is 15.9 Å². The number of carbonyl (C=O) groups is 1. The molecule has 1 aromatic heterocycles. The molecule has 0 atom stereocenters. The summed E-state index contributed by atoms with van der Waals surface area (Å²) in [4.78, 5) is 19.4. The van der Waals surface area contributed by atoms with Crippen LogP contribution in [0.1, 0.15) is 24.7 Å². The smallest absolute Gasteiger partial charge is 0.242 e. The van der Waals surface area contributed by atoms with Gasteiger partial charge in [-0.25, -0.2) is 17.7 Å². The molecule has 0 spiro atoms. The first-order valence-electron chi connectivity index (χ1n) is 11.1. The molecular formula is C24H33N5O3S. The van der Waals surface area contributed by atoms with Crippen molar-refractivity contribution in [2.45, 2.75) is 37.8 Å². The van der Waals surface area contributed by atoms with Crippen LogP contribution < -0.4 is 5.32 Å². The highest BCUT2D eigenvalue weighted by molar-refractivity contribution is 7.89. The molecule has 0 fully saturated rings. The van der Waals surface area contributed by atoms with E-state index in [1.54, 1.807) is 18.2 Å². The van der Waals surface area contributed by atoms with Gasteiger partial charge in [0.25, 0.3) is 0 Å². The molecule has 0 bridgehead atoms. The number of carbonyl (C=O) groups excluding carboxylic acids is 1. The molecule has 33 heavy (non-hydrogen) atoms. The van der Waals surface area contributed by atoms with Crippen LogP contribution in [0, 0.1) is 0 Å². The number of rotatable bonds is 11. The van der Waals surface area contributed by atoms with E-state index in [1.165, 1.54) is 24.0 Å². The first-order valence-corrected chi connectivity index (χ1v) is 12.6. The fourth-order valence-electron chi connectivity index (χ4n) is 3.75. The van der Waals surface area contributed by atoms with E-state index < -0.39 is 10.0 Å². The average molecular weight is 472 g/mol. The number of amides is 1. The molecule has 8 nitrogen and oxygen atoms in total. The molecule has 3 rings (SSSR count). The Hall–Kier alpha value is -2.75. The Balaban J connectivity index is 1.57. The Morgan fingerprint density at radius 3 is 2.48 bits per heavy atom. The minimum absolute atomic E-state index is 0.0197. The lowest BCUT2D eigenvalue weighted by Gasteiger charge is -2.17. The van der Waals surface area contributed by atoms with Gasteiger partial charge in [0, 0.05) is 53.1 Å². The van der Waals surface area contributed by atoms with E-state index in [2.05, 4.69) is 27.3 Å². The number of imidazole rings is 1. The van der Waals surface area contributed by atoms with Gasteiger partial charge in [-0.1, -0.05) is 30.3 Å². The number of hydrogen-bond donors (Lipinski definition) is 1. The quantitative estimate of drug-likeness (QED) is 0.464. The molecule has 0 aliphatic carbocycles. The largest absolute Gasteiger partial charge is 0.355 e. The van der Waals surface area contributed by atoms with Gasteiger partial charge in [-0.05, 0) is 37.7 Å². The number of aromatic nitrogens is 2. The van der Waals surface area contributed by atoms with Gasteiger partial charge < -0.3 is 14.8 Å². The zero-order chi connectivity index (χ0) is 24.0. The van der Waals surface area contributed by atoms with Gasteiger partial charge in [-0.15, -0.1) is 0 Å². The van der Waals surface area contributed by atoms with Gasteiger partial charge in [0.2, 0.25) is 15.9 Å². The summed E-state index contributed by atoms with van der Waals surface area (Å²) in [5.74, 6) is 0.761. The Morgan fingerprint density at radius 2 is 1.82 bits per heavy atom. The summed E-state index contributed by atoms with van der Waals surface area (Å²) in [5, 5.41) is 2.98. The lowest BCUT2D eigenvalue weighted by molar-refractivity contribution is -0.121. The summed E-state index contributed by atoms with van der Waals surface area (Å²) >= 11 is 0. The lowest BCUT2D eigenvalue weighted by atomic mass is 10.2. The number of fused-ring (bicyclic) bond motifs is 1. The molecule has 3 aromatic rings. The third kappa shape index (κ3) is 6.19. The molecule has 178 valence electrons. The SMILES string of the molecule is CCn1c(CCC(=O)NCCN(C)Cc2ccccc2)nc2cc(S(=O)(=O)N(C)C)ccc21. The number of sulfonamides is 1. The molecule has 2 aromatic carbocycles. The van der Waals surface area contributed by atoms with E-state index in [9.17, 15) is 13.2 Å². The van der Waals surface area contributed by atoms with Crippen molar-refractivity contribution in [2.75, 3.05) is 34.2 Å². The molecule has 1 N–H and O–H groups in total. The maximum absolute atomic E-state index is 12.4. The van der Waals surface area contributed by atoms with Crippen LogP contribution in [-0.2, 0) is 34.3 Å². The lowest BCUT2D eigenvalue weighted by Crippen LogP contribution is -2.33. The first-order chi connectivity index (χ1) is 15.7. The second-order valence-electron chi connectivity index (χ2n) is 8.28. The number of likely N-dealkylation sites (N-methyl/N-ethyl adjacent to an activating group) is 1. The number of benzene rings is 2. The first kappa shape index (κ1) is 24.9. The van der Waals surface area contributed by atoms with E-state index in [0.29, 0.717) is 31.4 Å². The maximum atomic E-state index is 12.4. The zero-order valence-corrected chi connectivity index (χ0v) is 20.6. The van der Waals surface area contributed by atoms with Crippen molar-refractivity contribution >= 4 is 27.0 Å². The summed E-state index contributed by atoms with van der Waals surface area (Å²) < 4.78 is 28.1. The third-order valence-electron chi connectivity index (χ3n) is 5.58. The highest BCUT2D eigenvalue weighted by atomic mass is 32.2. The fraction of sp³-hybridized carbons (Fsp3) is 0.417. The van der Waals surface area contributed by atoms with Crippen LogP contribution in [0.3, 0.4) is 0 Å². The van der Waals surface area contributed by atoms with Crippen molar-refractivity contribution in [3.05, 3.63) is 59.9 Å². The number of aryl methyl sites for hydroxylation is 2. The predicted molar refractivity (Wildman–Crippen MR) is 130 cm³/mol. The van der Waals surface area contributed by atoms with Crippen LogP contribution in [0.15, 0.2) is 53.4 Å². The Labute approximate surface area is 196 Å². The van der Waals surface area contributed by atoms with Crippen molar-refractivity contribution < 1.29 is 13.2 Å². The summed E-state index contributed by atoms with van der Waals surface area (Å²) in [6.45, 7) is 4.88. The van der Waals surface area contributed by atoms with Gasteiger partial charge in [0.1, 0.15) is 5.82 Å². The Kier molecular flexibility index (Phi) is 8.23. The molecule has 0 radical (unpaired) electrons. The van der Waals surface area contributed by atoms with Crippen LogP contribution >= 0.6 is 0 Å². The average Bonchev–Trinajstić information content (AvgIpc) is 3.15. The molecule has 0 saturated carbocycles. The second-order valence-corrected chi connectivity index (χ2v) is 10.4. The number of nitrogens with one attached hydrogen (secondary N) is 1. The van der Waals surface area contributed by atoms with Crippen LogP contribution in [0.5, 0.6) is 0 Å². The standard InChI is InChI=1S/C24H33N5O3S/c1-5-29-22-12-11-20(33(31,32)27(2)3)17-21(22)26-23(29)13-14-24(30)25-15-16-28(4)18-19-9-7-6-8-10-19/h6-12,17H,5,13-16,18H2,1-4H3,(H,25,30). The summed E-state index contributed by atoms with van der Waals surface area (Å²) in [6.07, 6.45) is 0.818. The molecule has 0 aliphatic heterocycles. The van der Waals surface area contributed by atoms with Crippen LogP contribution in [0.4, 0.5) is 0 Å². The monoisotopic (exact) mass is 471 g/mol.